The molecule has 12 heavy (non-hydrogen) atoms. The molecule has 1 aliphatic rings. The lowest BCUT2D eigenvalue weighted by atomic mass is 9.89. The molecule has 0 heterocycles. The molecule has 0 aliphatic heterocycles. The van der Waals surface area contributed by atoms with Gasteiger partial charge < -0.3 is 5.32 Å². The van der Waals surface area contributed by atoms with Crippen LogP contribution in [0.2, 0.25) is 0 Å². The van der Waals surface area contributed by atoms with Crippen molar-refractivity contribution in [2.45, 2.75) is 32.1 Å². The van der Waals surface area contributed by atoms with Crippen LogP contribution in [0.3, 0.4) is 0 Å². The number of hydrogen-bond acceptors (Lipinski definition) is 1. The van der Waals surface area contributed by atoms with E-state index in [1.54, 1.807) is 0 Å². The highest BCUT2D eigenvalue weighted by Crippen LogP contribution is 2.23. The van der Waals surface area contributed by atoms with Gasteiger partial charge in [-0.05, 0) is 12.8 Å². The summed E-state index contributed by atoms with van der Waals surface area (Å²) < 4.78 is 0. The molecule has 0 radical (unpaired) electrons. The van der Waals surface area contributed by atoms with Crippen LogP contribution in [0.25, 0.3) is 0 Å². The minimum Gasteiger partial charge on any atom is -0.345 e. The summed E-state index contributed by atoms with van der Waals surface area (Å²) >= 11 is 0. The van der Waals surface area contributed by atoms with Gasteiger partial charge >= 0.3 is 0 Å². The van der Waals surface area contributed by atoms with E-state index >= 15 is 0 Å². The first-order valence-electron chi connectivity index (χ1n) is 4.56. The molecule has 1 saturated carbocycles. The lowest BCUT2D eigenvalue weighted by Gasteiger charge is -2.19. The molecule has 0 aromatic heterocycles. The molecule has 1 rings (SSSR count). The smallest absolute Gasteiger partial charge is 0.223 e. The third-order valence-electron chi connectivity index (χ3n) is 2.34. The van der Waals surface area contributed by atoms with Crippen molar-refractivity contribution in [3.8, 4) is 12.3 Å². The number of amides is 1. The summed E-state index contributed by atoms with van der Waals surface area (Å²) in [4.78, 5) is 11.4. The Bertz CT molecular complexity index is 187. The van der Waals surface area contributed by atoms with Gasteiger partial charge in [-0.2, -0.15) is 0 Å². The monoisotopic (exact) mass is 165 g/mol. The zero-order chi connectivity index (χ0) is 8.81. The second-order valence-corrected chi connectivity index (χ2v) is 3.26. The molecule has 0 spiro atoms. The molecule has 2 heteroatoms. The van der Waals surface area contributed by atoms with Gasteiger partial charge in [-0.3, -0.25) is 4.79 Å². The summed E-state index contributed by atoms with van der Waals surface area (Å²) in [6, 6.07) is 0. The van der Waals surface area contributed by atoms with E-state index in [2.05, 4.69) is 11.2 Å². The molecule has 2 nitrogen and oxygen atoms in total. The maximum atomic E-state index is 11.4. The Morgan fingerprint density at radius 1 is 1.42 bits per heavy atom. The lowest BCUT2D eigenvalue weighted by Crippen LogP contribution is -2.32. The van der Waals surface area contributed by atoms with Gasteiger partial charge in [0.1, 0.15) is 0 Å². The summed E-state index contributed by atoms with van der Waals surface area (Å²) in [7, 11) is 0. The van der Waals surface area contributed by atoms with Crippen LogP contribution in [0.4, 0.5) is 0 Å². The lowest BCUT2D eigenvalue weighted by molar-refractivity contribution is -0.125. The molecule has 0 saturated heterocycles. The third-order valence-corrected chi connectivity index (χ3v) is 2.34. The highest BCUT2D eigenvalue weighted by molar-refractivity contribution is 5.78. The first kappa shape index (κ1) is 9.12. The Hall–Kier alpha value is -0.970. The summed E-state index contributed by atoms with van der Waals surface area (Å²) in [5, 5.41) is 2.73. The molecule has 0 aromatic carbocycles. The van der Waals surface area contributed by atoms with Crippen LogP contribution >= 0.6 is 0 Å². The van der Waals surface area contributed by atoms with Crippen LogP contribution < -0.4 is 5.32 Å². The van der Waals surface area contributed by atoms with Crippen molar-refractivity contribution in [3.63, 3.8) is 0 Å². The van der Waals surface area contributed by atoms with Crippen molar-refractivity contribution in [2.24, 2.45) is 5.92 Å². The second-order valence-electron chi connectivity index (χ2n) is 3.26. The molecular weight excluding hydrogens is 150 g/mol. The van der Waals surface area contributed by atoms with E-state index in [4.69, 9.17) is 6.42 Å². The maximum absolute atomic E-state index is 11.4. The Balaban J connectivity index is 2.26. The summed E-state index contributed by atoms with van der Waals surface area (Å²) in [5.74, 6) is 2.78. The van der Waals surface area contributed by atoms with E-state index in [0.29, 0.717) is 6.54 Å². The Morgan fingerprint density at radius 2 is 2.08 bits per heavy atom. The number of nitrogens with one attached hydrogen (secondary N) is 1. The van der Waals surface area contributed by atoms with Gasteiger partial charge in [-0.15, -0.1) is 6.42 Å². The first-order chi connectivity index (χ1) is 5.84. The van der Waals surface area contributed by atoms with Crippen LogP contribution in [0.5, 0.6) is 0 Å². The van der Waals surface area contributed by atoms with E-state index in [0.717, 1.165) is 12.8 Å². The summed E-state index contributed by atoms with van der Waals surface area (Å²) in [6.45, 7) is 0.370. The molecule has 0 bridgehead atoms. The molecule has 0 atom stereocenters. The molecular formula is C10H15NO. The van der Waals surface area contributed by atoms with Gasteiger partial charge in [0.15, 0.2) is 0 Å². The highest BCUT2D eigenvalue weighted by atomic mass is 16.1. The quantitative estimate of drug-likeness (QED) is 0.614. The number of hydrogen-bond donors (Lipinski definition) is 1. The highest BCUT2D eigenvalue weighted by Gasteiger charge is 2.19. The number of carbonyl (C=O) groups excluding carboxylic acids is 1. The van der Waals surface area contributed by atoms with Gasteiger partial charge in [0.2, 0.25) is 5.91 Å². The van der Waals surface area contributed by atoms with Gasteiger partial charge in [0.25, 0.3) is 0 Å². The predicted molar refractivity (Wildman–Crippen MR) is 48.4 cm³/mol. The van der Waals surface area contributed by atoms with Crippen LogP contribution in [0.15, 0.2) is 0 Å². The van der Waals surface area contributed by atoms with Crippen LogP contribution in [0.1, 0.15) is 32.1 Å². The van der Waals surface area contributed by atoms with E-state index in [9.17, 15) is 4.79 Å². The fourth-order valence-corrected chi connectivity index (χ4v) is 1.65. The van der Waals surface area contributed by atoms with Crippen molar-refractivity contribution >= 4 is 5.91 Å². The van der Waals surface area contributed by atoms with E-state index in [1.807, 2.05) is 0 Å². The normalized spacial score (nSPS) is 18.2. The van der Waals surface area contributed by atoms with Gasteiger partial charge in [0, 0.05) is 5.92 Å². The first-order valence-corrected chi connectivity index (χ1v) is 4.56. The van der Waals surface area contributed by atoms with Gasteiger partial charge in [-0.25, -0.2) is 0 Å². The molecule has 0 aromatic rings. The maximum Gasteiger partial charge on any atom is 0.223 e. The van der Waals surface area contributed by atoms with Crippen LogP contribution in [-0.4, -0.2) is 12.5 Å². The molecule has 1 N–H and O–H groups in total. The summed E-state index contributed by atoms with van der Waals surface area (Å²) in [6.07, 6.45) is 10.8. The van der Waals surface area contributed by atoms with Crippen molar-refractivity contribution < 1.29 is 4.79 Å². The Labute approximate surface area is 73.7 Å². The fourth-order valence-electron chi connectivity index (χ4n) is 1.65. The van der Waals surface area contributed by atoms with Crippen molar-refractivity contribution in [3.05, 3.63) is 0 Å². The van der Waals surface area contributed by atoms with Gasteiger partial charge in [0.05, 0.1) is 6.54 Å². The van der Waals surface area contributed by atoms with Crippen molar-refractivity contribution in [1.29, 1.82) is 0 Å². The fraction of sp³-hybridized carbons (Fsp3) is 0.700. The average Bonchev–Trinajstić information content (AvgIpc) is 2.15. The van der Waals surface area contributed by atoms with Crippen molar-refractivity contribution in [1.82, 2.24) is 5.32 Å². The second kappa shape index (κ2) is 4.82. The number of rotatable bonds is 2. The zero-order valence-corrected chi connectivity index (χ0v) is 7.31. The standard InChI is InChI=1S/C10H15NO/c1-2-8-11-10(12)9-6-4-3-5-7-9/h1,9H,3-8H2,(H,11,12). The Kier molecular flexibility index (Phi) is 3.66. The Morgan fingerprint density at radius 3 is 2.67 bits per heavy atom. The third kappa shape index (κ3) is 2.58. The molecule has 66 valence electrons. The largest absolute Gasteiger partial charge is 0.345 e. The van der Waals surface area contributed by atoms with Gasteiger partial charge in [-0.1, -0.05) is 25.2 Å². The minimum absolute atomic E-state index is 0.146. The molecule has 1 fully saturated rings. The molecule has 1 amide bonds. The zero-order valence-electron chi connectivity index (χ0n) is 7.31. The number of terminal acetylenes is 1. The minimum atomic E-state index is 0.146. The predicted octanol–water partition coefficient (Wildman–Crippen LogP) is 1.32. The van der Waals surface area contributed by atoms with E-state index < -0.39 is 0 Å². The number of carbonyl (C=O) groups is 1. The van der Waals surface area contributed by atoms with E-state index in [1.165, 1.54) is 19.3 Å². The molecule has 0 unspecified atom stereocenters. The average molecular weight is 165 g/mol. The van der Waals surface area contributed by atoms with Crippen molar-refractivity contribution in [2.75, 3.05) is 6.54 Å². The van der Waals surface area contributed by atoms with E-state index in [-0.39, 0.29) is 11.8 Å². The van der Waals surface area contributed by atoms with Crippen LogP contribution in [-0.2, 0) is 4.79 Å². The molecule has 1 aliphatic carbocycles. The summed E-state index contributed by atoms with van der Waals surface area (Å²) in [5.41, 5.74) is 0. The van der Waals surface area contributed by atoms with Crippen LogP contribution in [0, 0.1) is 18.3 Å². The topological polar surface area (TPSA) is 29.1 Å². The SMILES string of the molecule is C#CCNC(=O)C1CCCCC1.